The molecular weight excluding hydrogens is 829 g/mol. The van der Waals surface area contributed by atoms with Crippen LogP contribution in [0, 0.1) is 0 Å². The second-order valence-corrected chi connectivity index (χ2v) is 22.4. The van der Waals surface area contributed by atoms with E-state index < -0.39 is 25.2 Å². The van der Waals surface area contributed by atoms with Crippen LogP contribution in [0.4, 0.5) is 9.59 Å². The van der Waals surface area contributed by atoms with E-state index in [2.05, 4.69) is 34.1 Å². The molecule has 0 unspecified atom stereocenters. The fraction of sp³-hybridized carbons (Fsp3) is 0.682. The quantitative estimate of drug-likeness (QED) is 0.271. The Labute approximate surface area is 368 Å². The number of ether oxygens (including phenoxy) is 2. The third-order valence-electron chi connectivity index (χ3n) is 12.4. The number of hydrogen-bond acceptors (Lipinski definition) is 10. The smallest absolute Gasteiger partial charge is 0.444 e. The van der Waals surface area contributed by atoms with E-state index in [1.165, 1.54) is 11.1 Å². The highest BCUT2D eigenvalue weighted by molar-refractivity contribution is 9.10. The Balaban J connectivity index is 0.000000175. The van der Waals surface area contributed by atoms with Crippen LogP contribution < -0.4 is 5.46 Å². The van der Waals surface area contributed by atoms with Crippen LogP contribution in [0.25, 0.3) is 0 Å². The molecule has 3 fully saturated rings. The van der Waals surface area contributed by atoms with E-state index in [1.54, 1.807) is 9.80 Å². The number of carbonyl (C=O) groups is 2. The lowest BCUT2D eigenvalue weighted by Gasteiger charge is -2.32. The summed E-state index contributed by atoms with van der Waals surface area (Å²) in [5.74, 6) is 0. The molecule has 0 spiro atoms. The van der Waals surface area contributed by atoms with Gasteiger partial charge in [-0.1, -0.05) is 40.2 Å². The van der Waals surface area contributed by atoms with Gasteiger partial charge < -0.3 is 37.4 Å². The predicted octanol–water partition coefficient (Wildman–Crippen LogP) is 9.19. The maximum Gasteiger partial charge on any atom is 0.494 e. The van der Waals surface area contributed by atoms with E-state index in [-0.39, 0.29) is 52.9 Å². The summed E-state index contributed by atoms with van der Waals surface area (Å²) in [4.78, 5) is 27.7. The molecule has 16 heteroatoms. The molecular formula is C44H68B3BrN2O10. The summed E-state index contributed by atoms with van der Waals surface area (Å²) in [6.07, 6.45) is -0.522. The van der Waals surface area contributed by atoms with E-state index in [9.17, 15) is 9.59 Å². The van der Waals surface area contributed by atoms with Gasteiger partial charge in [-0.25, -0.2) is 9.59 Å². The minimum Gasteiger partial charge on any atom is -0.444 e. The Morgan fingerprint density at radius 1 is 0.517 bits per heavy atom. The summed E-state index contributed by atoms with van der Waals surface area (Å²) >= 11 is 3.44. The van der Waals surface area contributed by atoms with Gasteiger partial charge in [0, 0.05) is 30.7 Å². The molecule has 0 aromatic heterocycles. The minimum absolute atomic E-state index is 0.246. The van der Waals surface area contributed by atoms with Gasteiger partial charge in [0.25, 0.3) is 0 Å². The first-order valence-corrected chi connectivity index (χ1v) is 21.8. The van der Waals surface area contributed by atoms with Crippen LogP contribution in [0.15, 0.2) is 40.9 Å². The van der Waals surface area contributed by atoms with Gasteiger partial charge >= 0.3 is 33.3 Å². The molecule has 2 aromatic carbocycles. The fourth-order valence-electron chi connectivity index (χ4n) is 6.81. The molecule has 5 aliphatic heterocycles. The molecule has 0 atom stereocenters. The summed E-state index contributed by atoms with van der Waals surface area (Å²) in [6.45, 7) is 38.1. The van der Waals surface area contributed by atoms with Gasteiger partial charge in [-0.2, -0.15) is 0 Å². The van der Waals surface area contributed by atoms with E-state index in [0.717, 1.165) is 21.1 Å². The van der Waals surface area contributed by atoms with Crippen molar-refractivity contribution in [3.8, 4) is 0 Å². The van der Waals surface area contributed by atoms with Crippen molar-refractivity contribution in [3.63, 3.8) is 0 Å². The first-order valence-electron chi connectivity index (χ1n) is 21.0. The molecule has 2 aromatic rings. The van der Waals surface area contributed by atoms with Crippen molar-refractivity contribution in [1.29, 1.82) is 0 Å². The Morgan fingerprint density at radius 2 is 0.833 bits per heavy atom. The zero-order valence-electron chi connectivity index (χ0n) is 39.4. The molecule has 12 nitrogen and oxygen atoms in total. The van der Waals surface area contributed by atoms with Crippen molar-refractivity contribution in [3.05, 3.63) is 63.1 Å². The fourth-order valence-corrected chi connectivity index (χ4v) is 7.22. The molecule has 0 radical (unpaired) electrons. The van der Waals surface area contributed by atoms with Crippen LogP contribution in [-0.2, 0) is 63.6 Å². The molecule has 0 N–H and O–H groups in total. The van der Waals surface area contributed by atoms with Crippen molar-refractivity contribution >= 4 is 54.7 Å². The van der Waals surface area contributed by atoms with Gasteiger partial charge in [0.05, 0.1) is 33.6 Å². The average Bonchev–Trinajstić information content (AvgIpc) is 3.83. The lowest BCUT2D eigenvalue weighted by Crippen LogP contribution is -2.41. The molecule has 0 saturated carbocycles. The number of rotatable bonds is 2. The van der Waals surface area contributed by atoms with Crippen molar-refractivity contribution in [2.24, 2.45) is 0 Å². The number of hydrogen-bond donors (Lipinski definition) is 0. The number of amides is 2. The largest absolute Gasteiger partial charge is 0.494 e. The monoisotopic (exact) mass is 896 g/mol. The van der Waals surface area contributed by atoms with Gasteiger partial charge in [0.15, 0.2) is 0 Å². The topological polar surface area (TPSA) is 114 Å². The Bertz CT molecular complexity index is 1840. The summed E-state index contributed by atoms with van der Waals surface area (Å²) in [5.41, 5.74) is 2.55. The van der Waals surface area contributed by atoms with Gasteiger partial charge in [0.2, 0.25) is 0 Å². The highest BCUT2D eigenvalue weighted by Crippen LogP contribution is 2.43. The highest BCUT2D eigenvalue weighted by atomic mass is 79.9. The average molecular weight is 897 g/mol. The second kappa shape index (κ2) is 16.5. The number of halogens is 1. The predicted molar refractivity (Wildman–Crippen MR) is 239 cm³/mol. The lowest BCUT2D eigenvalue weighted by molar-refractivity contribution is 0.00578. The Kier molecular flexibility index (Phi) is 13.3. The zero-order chi connectivity index (χ0) is 45.2. The van der Waals surface area contributed by atoms with Gasteiger partial charge in [-0.3, -0.25) is 9.80 Å². The summed E-state index contributed by atoms with van der Waals surface area (Å²) in [7, 11) is -1.34. The lowest BCUT2D eigenvalue weighted by atomic mass is 9.49. The molecule has 7 rings (SSSR count). The molecule has 2 amide bonds. The molecule has 0 bridgehead atoms. The summed E-state index contributed by atoms with van der Waals surface area (Å²) < 4.78 is 48.0. The van der Waals surface area contributed by atoms with Crippen LogP contribution in [-0.4, -0.2) is 87.9 Å². The second-order valence-electron chi connectivity index (χ2n) is 21.5. The molecule has 5 aliphatic rings. The zero-order valence-corrected chi connectivity index (χ0v) is 41.0. The highest BCUT2D eigenvalue weighted by Gasteiger charge is 2.63. The van der Waals surface area contributed by atoms with E-state index in [4.69, 9.17) is 37.4 Å². The maximum absolute atomic E-state index is 12.3. The Hall–Kier alpha value is -2.59. The maximum atomic E-state index is 12.3. The van der Waals surface area contributed by atoms with Gasteiger partial charge in [-0.15, -0.1) is 0 Å². The number of carbonyl (C=O) groups excluding carboxylic acids is 2. The molecule has 60 heavy (non-hydrogen) atoms. The normalized spacial score (nSPS) is 22.7. The van der Waals surface area contributed by atoms with E-state index in [0.29, 0.717) is 26.2 Å². The standard InChI is InChI=1S/C19H28BNO4.C13H16BrNO2.C12H24B2O4/c1-17(2,3)23-16(22)21-11-13-8-9-15(10-14(13)12-21)20-24-18(4,5)19(6,7)25-20;1-13(2,3)17-12(16)15-7-9-4-5-11(14)6-10(9)8-15;1-9(2)10(3,4)16-13(15-9)14-17-11(5,6)12(7,8)18-14/h8-10H,11-12H2,1-7H3;4-6H,7-8H2,1-3H3;1-8H3. The van der Waals surface area contributed by atoms with Crippen molar-refractivity contribution in [1.82, 2.24) is 9.80 Å². The third kappa shape index (κ3) is 10.9. The van der Waals surface area contributed by atoms with Gasteiger partial charge in [0.1, 0.15) is 11.2 Å². The van der Waals surface area contributed by atoms with Crippen LogP contribution in [0.2, 0.25) is 0 Å². The number of fused-ring (bicyclic) bond motifs is 2. The molecule has 0 aliphatic carbocycles. The van der Waals surface area contributed by atoms with Crippen molar-refractivity contribution in [2.45, 2.75) is 196 Å². The van der Waals surface area contributed by atoms with Crippen molar-refractivity contribution in [2.75, 3.05) is 0 Å². The van der Waals surface area contributed by atoms with E-state index in [1.807, 2.05) is 143 Å². The summed E-state index contributed by atoms with van der Waals surface area (Å²) in [6, 6.07) is 12.3. The molecule has 330 valence electrons. The van der Waals surface area contributed by atoms with Gasteiger partial charge in [-0.05, 0) is 164 Å². The SMILES string of the molecule is CC(C)(C)OC(=O)N1Cc2ccc(B3OC(C)(C)C(C)(C)O3)cc2C1.CC(C)(C)OC(=O)N1Cc2ccc(Br)cc2C1.CC1(C)OB(B2OC(C)(C)C(C)(C)O2)OC1(C)C. The van der Waals surface area contributed by atoms with Crippen LogP contribution in [0.3, 0.4) is 0 Å². The third-order valence-corrected chi connectivity index (χ3v) is 12.9. The van der Waals surface area contributed by atoms with Crippen LogP contribution in [0.1, 0.15) is 147 Å². The summed E-state index contributed by atoms with van der Waals surface area (Å²) in [5, 5.41) is 0. The minimum atomic E-state index is -0.486. The van der Waals surface area contributed by atoms with Crippen LogP contribution >= 0.6 is 15.9 Å². The van der Waals surface area contributed by atoms with E-state index >= 15 is 0 Å². The molecule has 5 heterocycles. The first kappa shape index (κ1) is 48.4. The number of nitrogens with zero attached hydrogens (tertiary/aromatic N) is 2. The Morgan fingerprint density at radius 3 is 1.20 bits per heavy atom. The first-order chi connectivity index (χ1) is 27.1. The molecule has 3 saturated heterocycles. The van der Waals surface area contributed by atoms with Crippen LogP contribution in [0.5, 0.6) is 0 Å². The number of benzene rings is 2. The van der Waals surface area contributed by atoms with Crippen molar-refractivity contribution < 1.29 is 47.0 Å².